The molecule has 0 aromatic heterocycles. The third-order valence-electron chi connectivity index (χ3n) is 1.91. The lowest BCUT2D eigenvalue weighted by atomic mass is 9.87. The average molecular weight is 145 g/mol. The molecule has 0 aromatic carbocycles. The van der Waals surface area contributed by atoms with Crippen LogP contribution in [0.1, 0.15) is 27.7 Å². The van der Waals surface area contributed by atoms with Crippen molar-refractivity contribution in [1.82, 2.24) is 0 Å². The molecule has 2 heteroatoms. The molecule has 0 saturated carbocycles. The van der Waals surface area contributed by atoms with Crippen LogP contribution >= 0.6 is 0 Å². The lowest BCUT2D eigenvalue weighted by Crippen LogP contribution is -2.38. The lowest BCUT2D eigenvalue weighted by molar-refractivity contribution is 0.0594. The minimum atomic E-state index is 0.107. The molecule has 0 fully saturated rings. The molecule has 0 radical (unpaired) electrons. The fraction of sp³-hybridized carbons (Fsp3) is 1.00. The quantitative estimate of drug-likeness (QED) is 0.649. The van der Waals surface area contributed by atoms with Gasteiger partial charge in [-0.05, 0) is 13.8 Å². The van der Waals surface area contributed by atoms with Crippen LogP contribution in [0.2, 0.25) is 0 Å². The van der Waals surface area contributed by atoms with Gasteiger partial charge in [0.15, 0.2) is 0 Å². The van der Waals surface area contributed by atoms with Gasteiger partial charge in [-0.3, -0.25) is 0 Å². The molecule has 0 bridgehead atoms. The van der Waals surface area contributed by atoms with Gasteiger partial charge in [-0.1, -0.05) is 13.8 Å². The van der Waals surface area contributed by atoms with Crippen molar-refractivity contribution < 1.29 is 4.74 Å². The van der Waals surface area contributed by atoms with Crippen LogP contribution in [0.25, 0.3) is 0 Å². The minimum absolute atomic E-state index is 0.107. The van der Waals surface area contributed by atoms with Gasteiger partial charge in [0, 0.05) is 18.1 Å². The van der Waals surface area contributed by atoms with Crippen molar-refractivity contribution in [3.8, 4) is 0 Å². The first kappa shape index (κ1) is 9.92. The molecule has 2 nitrogen and oxygen atoms in total. The highest BCUT2D eigenvalue weighted by Crippen LogP contribution is 2.18. The van der Waals surface area contributed by atoms with E-state index in [2.05, 4.69) is 13.8 Å². The van der Waals surface area contributed by atoms with E-state index in [9.17, 15) is 0 Å². The van der Waals surface area contributed by atoms with Crippen molar-refractivity contribution in [3.05, 3.63) is 0 Å². The first-order chi connectivity index (χ1) is 4.50. The minimum Gasteiger partial charge on any atom is -0.381 e. The van der Waals surface area contributed by atoms with Crippen LogP contribution in [0, 0.1) is 5.41 Å². The van der Waals surface area contributed by atoms with E-state index in [1.807, 2.05) is 13.8 Å². The van der Waals surface area contributed by atoms with Crippen molar-refractivity contribution >= 4 is 0 Å². The van der Waals surface area contributed by atoms with Crippen molar-refractivity contribution in [2.24, 2.45) is 11.1 Å². The van der Waals surface area contributed by atoms with E-state index < -0.39 is 0 Å². The summed E-state index contributed by atoms with van der Waals surface area (Å²) in [6.45, 7) is 9.77. The average Bonchev–Trinajstić information content (AvgIpc) is 1.84. The molecule has 0 aliphatic carbocycles. The Morgan fingerprint density at radius 2 is 2.00 bits per heavy atom. The molecule has 0 aromatic rings. The van der Waals surface area contributed by atoms with E-state index in [4.69, 9.17) is 10.5 Å². The number of ether oxygens (including phenoxy) is 1. The monoisotopic (exact) mass is 145 g/mol. The molecule has 62 valence electrons. The Hall–Kier alpha value is -0.0800. The molecule has 0 heterocycles. The van der Waals surface area contributed by atoms with Crippen LogP contribution in [0.3, 0.4) is 0 Å². The Bertz CT molecular complexity index is 89.3. The van der Waals surface area contributed by atoms with Crippen LogP contribution in [0.5, 0.6) is 0 Å². The topological polar surface area (TPSA) is 35.2 Å². The molecule has 1 unspecified atom stereocenters. The summed E-state index contributed by atoms with van der Waals surface area (Å²) in [6.07, 6.45) is 0. The van der Waals surface area contributed by atoms with Crippen LogP contribution in [0.15, 0.2) is 0 Å². The summed E-state index contributed by atoms with van der Waals surface area (Å²) in [4.78, 5) is 0. The van der Waals surface area contributed by atoms with E-state index in [0.717, 1.165) is 13.2 Å². The van der Waals surface area contributed by atoms with Crippen LogP contribution < -0.4 is 5.73 Å². The maximum atomic E-state index is 5.73. The number of hydrogen-bond acceptors (Lipinski definition) is 2. The number of rotatable bonds is 4. The van der Waals surface area contributed by atoms with Gasteiger partial charge < -0.3 is 10.5 Å². The summed E-state index contributed by atoms with van der Waals surface area (Å²) in [6, 6.07) is 0.194. The highest BCUT2D eigenvalue weighted by molar-refractivity contribution is 4.76. The van der Waals surface area contributed by atoms with Gasteiger partial charge >= 0.3 is 0 Å². The molecule has 0 saturated heterocycles. The number of nitrogens with two attached hydrogens (primary N) is 1. The van der Waals surface area contributed by atoms with Gasteiger partial charge in [0.1, 0.15) is 0 Å². The summed E-state index contributed by atoms with van der Waals surface area (Å²) in [5.41, 5.74) is 5.84. The Morgan fingerprint density at radius 3 is 2.30 bits per heavy atom. The predicted molar refractivity (Wildman–Crippen MR) is 43.9 cm³/mol. The summed E-state index contributed by atoms with van der Waals surface area (Å²) in [5.74, 6) is 0. The van der Waals surface area contributed by atoms with Crippen molar-refractivity contribution in [2.75, 3.05) is 13.2 Å². The largest absolute Gasteiger partial charge is 0.381 e. The van der Waals surface area contributed by atoms with Gasteiger partial charge in [-0.2, -0.15) is 0 Å². The third kappa shape index (κ3) is 3.18. The second kappa shape index (κ2) is 3.94. The molecule has 10 heavy (non-hydrogen) atoms. The van der Waals surface area contributed by atoms with Crippen molar-refractivity contribution in [2.45, 2.75) is 33.7 Å². The summed E-state index contributed by atoms with van der Waals surface area (Å²) >= 11 is 0. The first-order valence-electron chi connectivity index (χ1n) is 3.84. The predicted octanol–water partition coefficient (Wildman–Crippen LogP) is 1.40. The summed E-state index contributed by atoms with van der Waals surface area (Å²) in [7, 11) is 0. The molecule has 0 aliphatic rings. The van der Waals surface area contributed by atoms with Gasteiger partial charge in [-0.15, -0.1) is 0 Å². The maximum absolute atomic E-state index is 5.73. The van der Waals surface area contributed by atoms with Gasteiger partial charge in [0.05, 0.1) is 6.61 Å². The molecule has 0 aliphatic heterocycles. The normalized spacial score (nSPS) is 15.3. The van der Waals surface area contributed by atoms with Crippen LogP contribution in [0.4, 0.5) is 0 Å². The molecular formula is C8H19NO. The lowest BCUT2D eigenvalue weighted by Gasteiger charge is -2.28. The SMILES string of the molecule is CCOCC(C)(C)C(C)N. The Balaban J connectivity index is 3.63. The van der Waals surface area contributed by atoms with Gasteiger partial charge in [0.2, 0.25) is 0 Å². The van der Waals surface area contributed by atoms with E-state index in [-0.39, 0.29) is 11.5 Å². The van der Waals surface area contributed by atoms with Gasteiger partial charge in [0.25, 0.3) is 0 Å². The zero-order chi connectivity index (χ0) is 8.20. The van der Waals surface area contributed by atoms with Crippen LogP contribution in [-0.2, 0) is 4.74 Å². The van der Waals surface area contributed by atoms with Crippen LogP contribution in [-0.4, -0.2) is 19.3 Å². The Kier molecular flexibility index (Phi) is 3.91. The van der Waals surface area contributed by atoms with E-state index in [1.165, 1.54) is 0 Å². The fourth-order valence-corrected chi connectivity index (χ4v) is 0.497. The zero-order valence-corrected chi connectivity index (χ0v) is 7.48. The Labute approximate surface area is 63.7 Å². The first-order valence-corrected chi connectivity index (χ1v) is 3.84. The van der Waals surface area contributed by atoms with Gasteiger partial charge in [-0.25, -0.2) is 0 Å². The molecule has 0 spiro atoms. The summed E-state index contributed by atoms with van der Waals surface area (Å²) in [5, 5.41) is 0. The third-order valence-corrected chi connectivity index (χ3v) is 1.91. The maximum Gasteiger partial charge on any atom is 0.0531 e. The second-order valence-electron chi connectivity index (χ2n) is 3.41. The highest BCUT2D eigenvalue weighted by atomic mass is 16.5. The van der Waals surface area contributed by atoms with E-state index in [1.54, 1.807) is 0 Å². The molecular weight excluding hydrogens is 126 g/mol. The second-order valence-corrected chi connectivity index (χ2v) is 3.41. The molecule has 2 N–H and O–H groups in total. The Morgan fingerprint density at radius 1 is 1.50 bits per heavy atom. The molecule has 1 atom stereocenters. The molecule has 0 amide bonds. The van der Waals surface area contributed by atoms with E-state index in [0.29, 0.717) is 0 Å². The highest BCUT2D eigenvalue weighted by Gasteiger charge is 2.22. The standard InChI is InChI=1S/C8H19NO/c1-5-10-6-8(3,4)7(2)9/h7H,5-6,9H2,1-4H3. The van der Waals surface area contributed by atoms with Crippen molar-refractivity contribution in [1.29, 1.82) is 0 Å². The van der Waals surface area contributed by atoms with Crippen molar-refractivity contribution in [3.63, 3.8) is 0 Å². The molecule has 0 rings (SSSR count). The smallest absolute Gasteiger partial charge is 0.0531 e. The van der Waals surface area contributed by atoms with E-state index >= 15 is 0 Å². The summed E-state index contributed by atoms with van der Waals surface area (Å²) < 4.78 is 5.28. The number of hydrogen-bond donors (Lipinski definition) is 1. The fourth-order valence-electron chi connectivity index (χ4n) is 0.497. The zero-order valence-electron chi connectivity index (χ0n) is 7.48.